The van der Waals surface area contributed by atoms with E-state index in [1.807, 2.05) is 0 Å². The molecule has 0 unspecified atom stereocenters. The normalized spacial score (nSPS) is 30.2. The van der Waals surface area contributed by atoms with Crippen LogP contribution in [0.25, 0.3) is 5.57 Å². The molecule has 30 heavy (non-hydrogen) atoms. The van der Waals surface area contributed by atoms with Crippen molar-refractivity contribution in [3.8, 4) is 0 Å². The lowest BCUT2D eigenvalue weighted by molar-refractivity contribution is 0.0950. The first-order valence-corrected chi connectivity index (χ1v) is 11.8. The number of carbonyl (C=O) groups excluding carboxylic acids is 1. The molecule has 2 amide bonds. The fourth-order valence-corrected chi connectivity index (χ4v) is 5.82. The Balaban J connectivity index is 1.41. The molecular weight excluding hydrogens is 372 g/mol. The highest BCUT2D eigenvalue weighted by Gasteiger charge is 2.51. The minimum absolute atomic E-state index is 0.0391. The van der Waals surface area contributed by atoms with E-state index in [4.69, 9.17) is 0 Å². The Labute approximate surface area is 180 Å². The molecule has 0 radical (unpaired) electrons. The van der Waals surface area contributed by atoms with Crippen molar-refractivity contribution in [1.29, 1.82) is 0 Å². The van der Waals surface area contributed by atoms with Gasteiger partial charge in [-0.3, -0.25) is 4.90 Å². The Bertz CT molecular complexity index is 846. The highest BCUT2D eigenvalue weighted by atomic mass is 16.2. The molecule has 5 nitrogen and oxygen atoms in total. The second kappa shape index (κ2) is 8.18. The zero-order valence-corrected chi connectivity index (χ0v) is 18.0. The predicted octanol–water partition coefficient (Wildman–Crippen LogP) is 4.58. The van der Waals surface area contributed by atoms with E-state index in [-0.39, 0.29) is 11.6 Å². The van der Waals surface area contributed by atoms with Crippen molar-refractivity contribution in [1.82, 2.24) is 15.1 Å². The summed E-state index contributed by atoms with van der Waals surface area (Å²) in [7, 11) is 0. The van der Waals surface area contributed by atoms with Crippen molar-refractivity contribution in [2.45, 2.75) is 75.9 Å². The second-order valence-corrected chi connectivity index (χ2v) is 9.59. The van der Waals surface area contributed by atoms with Gasteiger partial charge in [0.2, 0.25) is 0 Å². The van der Waals surface area contributed by atoms with Gasteiger partial charge < -0.3 is 10.2 Å². The van der Waals surface area contributed by atoms with Crippen molar-refractivity contribution in [3.63, 3.8) is 0 Å². The number of aliphatic imine (C=N–C) groups is 1. The Morgan fingerprint density at radius 2 is 1.87 bits per heavy atom. The molecule has 1 aromatic rings. The summed E-state index contributed by atoms with van der Waals surface area (Å²) in [4.78, 5) is 22.2. The molecule has 4 aliphatic heterocycles. The van der Waals surface area contributed by atoms with Gasteiger partial charge in [0.1, 0.15) is 11.4 Å². The summed E-state index contributed by atoms with van der Waals surface area (Å²) in [6.07, 6.45) is 10.1. The van der Waals surface area contributed by atoms with Crippen LogP contribution in [-0.2, 0) is 6.54 Å². The van der Waals surface area contributed by atoms with Gasteiger partial charge in [0.05, 0.1) is 0 Å². The van der Waals surface area contributed by atoms with Gasteiger partial charge in [0, 0.05) is 32.2 Å². The molecule has 0 aromatic heterocycles. The van der Waals surface area contributed by atoms with Crippen molar-refractivity contribution < 1.29 is 4.79 Å². The van der Waals surface area contributed by atoms with Crippen LogP contribution < -0.4 is 5.32 Å². The molecule has 4 heterocycles. The number of fused-ring (bicyclic) bond motifs is 5. The van der Waals surface area contributed by atoms with E-state index >= 15 is 0 Å². The van der Waals surface area contributed by atoms with Crippen LogP contribution in [0.15, 0.2) is 35.8 Å². The number of carbonyl (C=O) groups is 1. The molecule has 2 fully saturated rings. The van der Waals surface area contributed by atoms with Crippen molar-refractivity contribution in [3.05, 3.63) is 42.0 Å². The number of amides is 2. The molecule has 5 heteroatoms. The molecule has 1 spiro atoms. The Kier molecular flexibility index (Phi) is 5.40. The van der Waals surface area contributed by atoms with Gasteiger partial charge in [-0.05, 0) is 55.2 Å². The molecule has 1 N–H and O–H groups in total. The standard InChI is InChI=1S/C25H34N4O/c1-19-7-6-14-29-24(30)27-23(26-22-10-3-2-4-11-22)25(29)12-15-28(16-13-25)18-20-8-5-9-21(19)17-20/h5,8-9,17,22H,1-4,6-7,10-16,18H2,(H,26,27,30). The van der Waals surface area contributed by atoms with Gasteiger partial charge in [-0.25, -0.2) is 4.79 Å². The quantitative estimate of drug-likeness (QED) is 0.742. The number of hydrogen-bond donors (Lipinski definition) is 1. The van der Waals surface area contributed by atoms with E-state index in [9.17, 15) is 4.79 Å². The minimum Gasteiger partial charge on any atom is -0.369 e. The lowest BCUT2D eigenvalue weighted by atomic mass is 9.83. The van der Waals surface area contributed by atoms with Crippen LogP contribution in [0.2, 0.25) is 0 Å². The van der Waals surface area contributed by atoms with Crippen LogP contribution in [-0.4, -0.2) is 52.9 Å². The van der Waals surface area contributed by atoms with Gasteiger partial charge in [-0.1, -0.05) is 50.1 Å². The summed E-state index contributed by atoms with van der Waals surface area (Å²) in [6, 6.07) is 9.28. The zero-order valence-electron chi connectivity index (χ0n) is 18.0. The molecule has 4 bridgehead atoms. The molecule has 1 saturated carbocycles. The molecular formula is C25H34N4O. The number of allylic oxidation sites excluding steroid dienone is 1. The molecule has 0 atom stereocenters. The van der Waals surface area contributed by atoms with Gasteiger partial charge in [-0.15, -0.1) is 0 Å². The van der Waals surface area contributed by atoms with E-state index < -0.39 is 0 Å². The highest BCUT2D eigenvalue weighted by molar-refractivity contribution is 6.06. The molecule has 1 aromatic carbocycles. The SMILES string of the molecule is C=C1CCCN2C(=O)N=C(NC3CCCCC3)C23CCN(CC3)Cc2cccc1c2. The van der Waals surface area contributed by atoms with Crippen LogP contribution in [0.5, 0.6) is 0 Å². The minimum atomic E-state index is -0.237. The monoisotopic (exact) mass is 406 g/mol. The zero-order chi connectivity index (χ0) is 20.6. The van der Waals surface area contributed by atoms with Gasteiger partial charge in [0.25, 0.3) is 0 Å². The fraction of sp³-hybridized carbons (Fsp3) is 0.600. The van der Waals surface area contributed by atoms with Crippen LogP contribution in [0.1, 0.15) is 68.9 Å². The maximum absolute atomic E-state index is 13.0. The number of nitrogens with zero attached hydrogens (tertiary/aromatic N) is 3. The number of amidine groups is 1. The first-order chi connectivity index (χ1) is 14.6. The van der Waals surface area contributed by atoms with E-state index in [2.05, 4.69) is 51.0 Å². The first-order valence-electron chi connectivity index (χ1n) is 11.8. The fourth-order valence-electron chi connectivity index (χ4n) is 5.82. The summed E-state index contributed by atoms with van der Waals surface area (Å²) in [5, 5.41) is 3.75. The second-order valence-electron chi connectivity index (χ2n) is 9.59. The van der Waals surface area contributed by atoms with Crippen molar-refractivity contribution in [2.24, 2.45) is 4.99 Å². The number of rotatable bonds is 1. The Morgan fingerprint density at radius 3 is 2.67 bits per heavy atom. The number of piperidine rings is 1. The summed E-state index contributed by atoms with van der Waals surface area (Å²) in [6.45, 7) is 8.06. The van der Waals surface area contributed by atoms with Gasteiger partial charge in [-0.2, -0.15) is 4.99 Å². The summed E-state index contributed by atoms with van der Waals surface area (Å²) in [5.41, 5.74) is 3.53. The maximum atomic E-state index is 13.0. The van der Waals surface area contributed by atoms with Crippen LogP contribution in [0, 0.1) is 0 Å². The molecule has 6 rings (SSSR count). The van der Waals surface area contributed by atoms with Crippen molar-refractivity contribution >= 4 is 17.4 Å². The smallest absolute Gasteiger partial charge is 0.346 e. The van der Waals surface area contributed by atoms with Gasteiger partial charge in [0.15, 0.2) is 0 Å². The van der Waals surface area contributed by atoms with Crippen LogP contribution in [0.3, 0.4) is 0 Å². The Hall–Kier alpha value is -2.14. The third-order valence-electron chi connectivity index (χ3n) is 7.63. The lowest BCUT2D eigenvalue weighted by Gasteiger charge is -2.46. The summed E-state index contributed by atoms with van der Waals surface area (Å²) < 4.78 is 0. The average Bonchev–Trinajstić information content (AvgIpc) is 3.01. The molecule has 160 valence electrons. The Morgan fingerprint density at radius 1 is 1.07 bits per heavy atom. The van der Waals surface area contributed by atoms with E-state index in [0.717, 1.165) is 57.7 Å². The molecule has 1 aliphatic carbocycles. The lowest BCUT2D eigenvalue weighted by Crippen LogP contribution is -2.61. The number of nitrogens with one attached hydrogen (secondary N) is 1. The number of hydrogen-bond acceptors (Lipinski definition) is 3. The third-order valence-corrected chi connectivity index (χ3v) is 7.63. The first kappa shape index (κ1) is 19.8. The van der Waals surface area contributed by atoms with E-state index in [1.165, 1.54) is 48.8 Å². The third kappa shape index (κ3) is 3.68. The molecule has 1 saturated heterocycles. The topological polar surface area (TPSA) is 47.9 Å². The summed E-state index contributed by atoms with van der Waals surface area (Å²) in [5.74, 6) is 0.966. The summed E-state index contributed by atoms with van der Waals surface area (Å²) >= 11 is 0. The molecule has 5 aliphatic rings. The van der Waals surface area contributed by atoms with E-state index in [1.54, 1.807) is 0 Å². The van der Waals surface area contributed by atoms with Crippen molar-refractivity contribution in [2.75, 3.05) is 19.6 Å². The maximum Gasteiger partial charge on any atom is 0.346 e. The van der Waals surface area contributed by atoms with Crippen LogP contribution >= 0.6 is 0 Å². The van der Waals surface area contributed by atoms with Crippen LogP contribution in [0.4, 0.5) is 4.79 Å². The van der Waals surface area contributed by atoms with Gasteiger partial charge >= 0.3 is 6.03 Å². The van der Waals surface area contributed by atoms with E-state index in [0.29, 0.717) is 6.04 Å². The highest BCUT2D eigenvalue weighted by Crippen LogP contribution is 2.37. The largest absolute Gasteiger partial charge is 0.369 e. The number of benzene rings is 1. The number of urea groups is 1. The average molecular weight is 407 g/mol. The predicted molar refractivity (Wildman–Crippen MR) is 121 cm³/mol.